The van der Waals surface area contributed by atoms with Gasteiger partial charge < -0.3 is 20.7 Å². The Hall–Kier alpha value is -2.69. The molecule has 7 nitrogen and oxygen atoms in total. The number of benzene rings is 1. The largest absolute Gasteiger partial charge is 0.383 e. The number of rotatable bonds is 9. The molecule has 2 atom stereocenters. The van der Waals surface area contributed by atoms with Gasteiger partial charge in [0.2, 0.25) is 5.91 Å². The van der Waals surface area contributed by atoms with E-state index in [2.05, 4.69) is 59.0 Å². The molecule has 0 bridgehead atoms. The minimum atomic E-state index is 0.00778. The van der Waals surface area contributed by atoms with Gasteiger partial charge >= 0.3 is 0 Å². The standard InChI is InChI=1S/C27H31N5O2S2/c1-16-13-20-24(26-31-21-14-18(6-7-22(21)35-26)19-5-4-9-29-15-19)27(36-25(20)17(2)30-16)32-23(33)8-10-28-11-12-34-3/h4-7,9,14-17,28,30H,8,10-13H2,1-3H3,(H,32,33)/t16-,17-/m1/s1. The van der Waals surface area contributed by atoms with E-state index in [1.807, 2.05) is 12.3 Å². The van der Waals surface area contributed by atoms with Crippen LogP contribution in [0.5, 0.6) is 0 Å². The second-order valence-electron chi connectivity index (χ2n) is 9.13. The highest BCUT2D eigenvalue weighted by atomic mass is 32.1. The summed E-state index contributed by atoms with van der Waals surface area (Å²) in [7, 11) is 1.67. The number of hydrogen-bond acceptors (Lipinski definition) is 8. The summed E-state index contributed by atoms with van der Waals surface area (Å²) < 4.78 is 6.19. The van der Waals surface area contributed by atoms with E-state index in [-0.39, 0.29) is 11.9 Å². The normalized spacial score (nSPS) is 17.3. The molecule has 0 saturated heterocycles. The number of aromatic nitrogens is 2. The van der Waals surface area contributed by atoms with Gasteiger partial charge in [0.15, 0.2) is 0 Å². The predicted molar refractivity (Wildman–Crippen MR) is 149 cm³/mol. The Labute approximate surface area is 219 Å². The van der Waals surface area contributed by atoms with Gasteiger partial charge in [-0.1, -0.05) is 12.1 Å². The molecule has 188 valence electrons. The first-order valence-corrected chi connectivity index (χ1v) is 13.9. The lowest BCUT2D eigenvalue weighted by molar-refractivity contribution is -0.116. The number of ether oxygens (including phenoxy) is 1. The Balaban J connectivity index is 1.47. The Bertz CT molecular complexity index is 1350. The van der Waals surface area contributed by atoms with Gasteiger partial charge in [0.1, 0.15) is 10.0 Å². The van der Waals surface area contributed by atoms with E-state index in [4.69, 9.17) is 9.72 Å². The molecular formula is C27H31N5O2S2. The van der Waals surface area contributed by atoms with Crippen molar-refractivity contribution < 1.29 is 9.53 Å². The summed E-state index contributed by atoms with van der Waals surface area (Å²) in [6.07, 6.45) is 4.98. The lowest BCUT2D eigenvalue weighted by Crippen LogP contribution is -2.35. The van der Waals surface area contributed by atoms with Crippen molar-refractivity contribution in [2.24, 2.45) is 0 Å². The monoisotopic (exact) mass is 521 g/mol. The number of nitrogens with one attached hydrogen (secondary N) is 3. The summed E-state index contributed by atoms with van der Waals surface area (Å²) in [5, 5.41) is 12.0. The lowest BCUT2D eigenvalue weighted by atomic mass is 9.95. The molecule has 5 rings (SSSR count). The highest BCUT2D eigenvalue weighted by molar-refractivity contribution is 7.23. The fourth-order valence-electron chi connectivity index (χ4n) is 4.65. The molecule has 36 heavy (non-hydrogen) atoms. The highest BCUT2D eigenvalue weighted by Crippen LogP contribution is 2.47. The van der Waals surface area contributed by atoms with Gasteiger partial charge in [-0.25, -0.2) is 4.98 Å². The average Bonchev–Trinajstić information content (AvgIpc) is 3.44. The molecule has 3 aromatic heterocycles. The second-order valence-corrected chi connectivity index (χ2v) is 11.2. The van der Waals surface area contributed by atoms with Gasteiger partial charge in [0, 0.05) is 67.1 Å². The molecule has 1 aromatic carbocycles. The van der Waals surface area contributed by atoms with E-state index >= 15 is 0 Å². The van der Waals surface area contributed by atoms with Crippen molar-refractivity contribution in [2.45, 2.75) is 38.8 Å². The van der Waals surface area contributed by atoms with Crippen LogP contribution in [0.4, 0.5) is 5.00 Å². The van der Waals surface area contributed by atoms with E-state index in [0.717, 1.165) is 49.9 Å². The molecule has 4 aromatic rings. The number of amides is 1. The Morgan fingerprint density at radius 2 is 2.08 bits per heavy atom. The number of thiazole rings is 1. The number of carbonyl (C=O) groups is 1. The number of anilines is 1. The fraction of sp³-hybridized carbons (Fsp3) is 0.370. The van der Waals surface area contributed by atoms with Crippen molar-refractivity contribution in [3.05, 3.63) is 53.2 Å². The van der Waals surface area contributed by atoms with Crippen LogP contribution in [0.15, 0.2) is 42.7 Å². The zero-order valence-electron chi connectivity index (χ0n) is 20.8. The van der Waals surface area contributed by atoms with Crippen molar-refractivity contribution in [1.82, 2.24) is 20.6 Å². The smallest absolute Gasteiger partial charge is 0.226 e. The predicted octanol–water partition coefficient (Wildman–Crippen LogP) is 5.25. The molecule has 0 aliphatic carbocycles. The molecule has 0 radical (unpaired) electrons. The van der Waals surface area contributed by atoms with E-state index in [1.54, 1.807) is 36.0 Å². The summed E-state index contributed by atoms with van der Waals surface area (Å²) in [5.74, 6) is 0.00778. The molecule has 3 N–H and O–H groups in total. The first-order valence-electron chi connectivity index (χ1n) is 12.3. The van der Waals surface area contributed by atoms with Crippen LogP contribution in [0.25, 0.3) is 31.9 Å². The van der Waals surface area contributed by atoms with Crippen LogP contribution >= 0.6 is 22.7 Å². The Morgan fingerprint density at radius 3 is 2.89 bits per heavy atom. The van der Waals surface area contributed by atoms with E-state index < -0.39 is 0 Å². The highest BCUT2D eigenvalue weighted by Gasteiger charge is 2.30. The maximum atomic E-state index is 12.8. The molecule has 0 unspecified atom stereocenters. The minimum Gasteiger partial charge on any atom is -0.383 e. The molecule has 9 heteroatoms. The van der Waals surface area contributed by atoms with Gasteiger partial charge in [0.05, 0.1) is 16.8 Å². The van der Waals surface area contributed by atoms with Crippen LogP contribution in [0.1, 0.15) is 36.8 Å². The molecule has 0 fully saturated rings. The van der Waals surface area contributed by atoms with Gasteiger partial charge in [0.25, 0.3) is 0 Å². The Morgan fingerprint density at radius 1 is 1.19 bits per heavy atom. The molecule has 0 spiro atoms. The topological polar surface area (TPSA) is 88.2 Å². The summed E-state index contributed by atoms with van der Waals surface area (Å²) in [6, 6.07) is 11.0. The van der Waals surface area contributed by atoms with Crippen molar-refractivity contribution in [1.29, 1.82) is 0 Å². The molecule has 4 heterocycles. The maximum absolute atomic E-state index is 12.8. The van der Waals surface area contributed by atoms with Crippen molar-refractivity contribution in [2.75, 3.05) is 32.1 Å². The third kappa shape index (κ3) is 5.35. The van der Waals surface area contributed by atoms with E-state index in [0.29, 0.717) is 25.6 Å². The molecule has 1 amide bonds. The van der Waals surface area contributed by atoms with Crippen LogP contribution in [0.3, 0.4) is 0 Å². The van der Waals surface area contributed by atoms with Crippen molar-refractivity contribution in [3.8, 4) is 21.7 Å². The third-order valence-corrected chi connectivity index (χ3v) is 8.72. The summed E-state index contributed by atoms with van der Waals surface area (Å²) in [4.78, 5) is 23.5. The average molecular weight is 522 g/mol. The number of hydrogen-bond donors (Lipinski definition) is 3. The van der Waals surface area contributed by atoms with Crippen LogP contribution < -0.4 is 16.0 Å². The molecule has 1 aliphatic heterocycles. The van der Waals surface area contributed by atoms with Crippen molar-refractivity contribution >= 4 is 43.8 Å². The molecule has 0 saturated carbocycles. The zero-order chi connectivity index (χ0) is 25.1. The number of carbonyl (C=O) groups excluding carboxylic acids is 1. The van der Waals surface area contributed by atoms with Gasteiger partial charge in [-0.3, -0.25) is 9.78 Å². The first kappa shape index (κ1) is 25.0. The van der Waals surface area contributed by atoms with Crippen LogP contribution in [0, 0.1) is 0 Å². The summed E-state index contributed by atoms with van der Waals surface area (Å²) in [6.45, 7) is 6.38. The number of nitrogens with zero attached hydrogens (tertiary/aromatic N) is 2. The molecule has 1 aliphatic rings. The van der Waals surface area contributed by atoms with E-state index in [9.17, 15) is 4.79 Å². The maximum Gasteiger partial charge on any atom is 0.226 e. The van der Waals surface area contributed by atoms with E-state index in [1.165, 1.54) is 10.4 Å². The fourth-order valence-corrected chi connectivity index (χ4v) is 7.00. The zero-order valence-corrected chi connectivity index (χ0v) is 22.4. The number of fused-ring (bicyclic) bond motifs is 2. The van der Waals surface area contributed by atoms with Crippen LogP contribution in [-0.2, 0) is 16.0 Å². The number of methoxy groups -OCH3 is 1. The molecular weight excluding hydrogens is 490 g/mol. The van der Waals surface area contributed by atoms with Crippen molar-refractivity contribution in [3.63, 3.8) is 0 Å². The number of thiophene rings is 1. The van der Waals surface area contributed by atoms with Crippen LogP contribution in [0.2, 0.25) is 0 Å². The quantitative estimate of drug-likeness (QED) is 0.261. The van der Waals surface area contributed by atoms with Gasteiger partial charge in [-0.15, -0.1) is 22.7 Å². The second kappa shape index (κ2) is 11.1. The summed E-state index contributed by atoms with van der Waals surface area (Å²) >= 11 is 3.36. The lowest BCUT2D eigenvalue weighted by Gasteiger charge is -2.26. The van der Waals surface area contributed by atoms with Gasteiger partial charge in [-0.05, 0) is 49.6 Å². The summed E-state index contributed by atoms with van der Waals surface area (Å²) in [5.41, 5.74) is 5.52. The Kier molecular flexibility index (Phi) is 7.73. The van der Waals surface area contributed by atoms with Crippen LogP contribution in [-0.4, -0.2) is 48.7 Å². The third-order valence-electron chi connectivity index (χ3n) is 6.34. The SMILES string of the molecule is COCCNCCC(=O)Nc1sc2c(c1-c1nc3cc(-c4cccnc4)ccc3s1)C[C@@H](C)N[C@@H]2C. The number of pyridine rings is 1. The minimum absolute atomic E-state index is 0.00778. The van der Waals surface area contributed by atoms with Gasteiger partial charge in [-0.2, -0.15) is 0 Å². The first-order chi connectivity index (χ1) is 17.5.